The molecule has 1 heterocycles. The first-order chi connectivity index (χ1) is 7.15. The molecular formula is C11H16N2O2. The van der Waals surface area contributed by atoms with E-state index in [4.69, 9.17) is 15.2 Å². The zero-order valence-corrected chi connectivity index (χ0v) is 9.06. The van der Waals surface area contributed by atoms with Crippen molar-refractivity contribution in [2.45, 2.75) is 38.9 Å². The molecular weight excluding hydrogens is 192 g/mol. The first-order valence-corrected chi connectivity index (χ1v) is 5.24. The zero-order chi connectivity index (χ0) is 10.8. The van der Waals surface area contributed by atoms with Gasteiger partial charge in [-0.15, -0.1) is 0 Å². The number of aromatic nitrogens is 1. The van der Waals surface area contributed by atoms with E-state index in [-0.39, 0.29) is 6.10 Å². The van der Waals surface area contributed by atoms with Crippen LogP contribution < -0.4 is 15.2 Å². The van der Waals surface area contributed by atoms with Crippen molar-refractivity contribution in [3.8, 4) is 11.5 Å². The zero-order valence-electron chi connectivity index (χ0n) is 9.06. The molecule has 0 spiro atoms. The second-order valence-electron chi connectivity index (χ2n) is 4.04. The number of hydrogen-bond acceptors (Lipinski definition) is 4. The smallest absolute Gasteiger partial charge is 0.180 e. The Kier molecular flexibility index (Phi) is 2.66. The monoisotopic (exact) mass is 208 g/mol. The number of anilines is 1. The summed E-state index contributed by atoms with van der Waals surface area (Å²) < 4.78 is 11.3. The van der Waals surface area contributed by atoms with Gasteiger partial charge in [0.05, 0.1) is 18.4 Å². The van der Waals surface area contributed by atoms with E-state index < -0.39 is 0 Å². The number of nitrogens with two attached hydrogens (primary N) is 1. The van der Waals surface area contributed by atoms with Crippen LogP contribution in [0, 0.1) is 0 Å². The molecule has 0 amide bonds. The third-order valence-electron chi connectivity index (χ3n) is 2.03. The molecule has 1 aliphatic carbocycles. The molecule has 4 heteroatoms. The number of rotatable bonds is 4. The van der Waals surface area contributed by atoms with E-state index in [2.05, 4.69) is 4.98 Å². The molecule has 1 aromatic rings. The van der Waals surface area contributed by atoms with E-state index in [1.165, 1.54) is 0 Å². The van der Waals surface area contributed by atoms with E-state index in [1.54, 1.807) is 12.3 Å². The molecule has 15 heavy (non-hydrogen) atoms. The minimum Gasteiger partial charge on any atom is -0.487 e. The predicted molar refractivity (Wildman–Crippen MR) is 58.1 cm³/mol. The van der Waals surface area contributed by atoms with Crippen molar-refractivity contribution in [1.82, 2.24) is 4.98 Å². The van der Waals surface area contributed by atoms with Gasteiger partial charge in [0.2, 0.25) is 0 Å². The summed E-state index contributed by atoms with van der Waals surface area (Å²) in [5.74, 6) is 1.83. The van der Waals surface area contributed by atoms with E-state index >= 15 is 0 Å². The van der Waals surface area contributed by atoms with Crippen LogP contribution >= 0.6 is 0 Å². The summed E-state index contributed by atoms with van der Waals surface area (Å²) >= 11 is 0. The van der Waals surface area contributed by atoms with Crippen LogP contribution in [0.1, 0.15) is 26.7 Å². The highest BCUT2D eigenvalue weighted by molar-refractivity contribution is 5.46. The van der Waals surface area contributed by atoms with E-state index in [0.717, 1.165) is 12.8 Å². The lowest BCUT2D eigenvalue weighted by molar-refractivity contribution is 0.217. The molecule has 1 fully saturated rings. The Balaban J connectivity index is 2.17. The third kappa shape index (κ3) is 2.75. The summed E-state index contributed by atoms with van der Waals surface area (Å²) in [4.78, 5) is 4.00. The Labute approximate surface area is 89.4 Å². The Hall–Kier alpha value is -1.45. The average Bonchev–Trinajstić information content (AvgIpc) is 2.92. The summed E-state index contributed by atoms with van der Waals surface area (Å²) in [6.45, 7) is 3.94. The number of hydrogen-bond donors (Lipinski definition) is 1. The van der Waals surface area contributed by atoms with E-state index in [1.807, 2.05) is 13.8 Å². The molecule has 4 nitrogen and oxygen atoms in total. The molecule has 0 atom stereocenters. The van der Waals surface area contributed by atoms with Gasteiger partial charge in [0.1, 0.15) is 5.82 Å². The average molecular weight is 208 g/mol. The molecule has 0 radical (unpaired) electrons. The highest BCUT2D eigenvalue weighted by atomic mass is 16.5. The fourth-order valence-corrected chi connectivity index (χ4v) is 1.24. The van der Waals surface area contributed by atoms with E-state index in [9.17, 15) is 0 Å². The fourth-order valence-electron chi connectivity index (χ4n) is 1.24. The van der Waals surface area contributed by atoms with Crippen LogP contribution in [0.15, 0.2) is 12.3 Å². The molecule has 1 aliphatic rings. The molecule has 82 valence electrons. The van der Waals surface area contributed by atoms with Crippen molar-refractivity contribution < 1.29 is 9.47 Å². The van der Waals surface area contributed by atoms with Crippen molar-refractivity contribution in [1.29, 1.82) is 0 Å². The molecule has 1 aromatic heterocycles. The van der Waals surface area contributed by atoms with Crippen LogP contribution in [0.25, 0.3) is 0 Å². The van der Waals surface area contributed by atoms with Crippen molar-refractivity contribution >= 4 is 5.82 Å². The van der Waals surface area contributed by atoms with Crippen molar-refractivity contribution in [2.24, 2.45) is 0 Å². The van der Waals surface area contributed by atoms with Gasteiger partial charge in [-0.05, 0) is 26.7 Å². The minimum atomic E-state index is 0.105. The minimum absolute atomic E-state index is 0.105. The Morgan fingerprint density at radius 1 is 1.40 bits per heavy atom. The van der Waals surface area contributed by atoms with Crippen molar-refractivity contribution in [2.75, 3.05) is 5.73 Å². The SMILES string of the molecule is CC(C)Oc1cc(N)ncc1OC1CC1. The fraction of sp³-hybridized carbons (Fsp3) is 0.545. The summed E-state index contributed by atoms with van der Waals surface area (Å²) in [6.07, 6.45) is 4.31. The largest absolute Gasteiger partial charge is 0.487 e. The van der Waals surface area contributed by atoms with Crippen molar-refractivity contribution in [3.05, 3.63) is 12.3 Å². The lowest BCUT2D eigenvalue weighted by Gasteiger charge is -2.14. The summed E-state index contributed by atoms with van der Waals surface area (Å²) in [5.41, 5.74) is 5.60. The topological polar surface area (TPSA) is 57.4 Å². The van der Waals surface area contributed by atoms with Gasteiger partial charge >= 0.3 is 0 Å². The lowest BCUT2D eigenvalue weighted by Crippen LogP contribution is -2.09. The van der Waals surface area contributed by atoms with E-state index in [0.29, 0.717) is 23.4 Å². The molecule has 0 saturated heterocycles. The molecule has 2 N–H and O–H groups in total. The normalized spacial score (nSPS) is 15.4. The Morgan fingerprint density at radius 2 is 2.13 bits per heavy atom. The van der Waals surface area contributed by atoms with Gasteiger partial charge in [-0.1, -0.05) is 0 Å². The van der Waals surface area contributed by atoms with Gasteiger partial charge in [0, 0.05) is 6.07 Å². The van der Waals surface area contributed by atoms with Gasteiger partial charge in [0.25, 0.3) is 0 Å². The van der Waals surface area contributed by atoms with Crippen LogP contribution in [0.3, 0.4) is 0 Å². The van der Waals surface area contributed by atoms with Gasteiger partial charge in [-0.3, -0.25) is 0 Å². The van der Waals surface area contributed by atoms with Gasteiger partial charge < -0.3 is 15.2 Å². The molecule has 0 unspecified atom stereocenters. The number of pyridine rings is 1. The maximum Gasteiger partial charge on any atom is 0.180 e. The van der Waals surface area contributed by atoms with Crippen LogP contribution in [-0.2, 0) is 0 Å². The highest BCUT2D eigenvalue weighted by Gasteiger charge is 2.25. The molecule has 2 rings (SSSR count). The quantitative estimate of drug-likeness (QED) is 0.822. The standard InChI is InChI=1S/C11H16N2O2/c1-7(2)14-9-5-11(12)13-6-10(9)15-8-3-4-8/h5-8H,3-4H2,1-2H3,(H2,12,13). The molecule has 0 aromatic carbocycles. The highest BCUT2D eigenvalue weighted by Crippen LogP contribution is 2.34. The summed E-state index contributed by atoms with van der Waals surface area (Å²) in [6, 6.07) is 1.71. The maximum atomic E-state index is 5.67. The first-order valence-electron chi connectivity index (χ1n) is 5.24. The predicted octanol–water partition coefficient (Wildman–Crippen LogP) is 1.99. The number of nitrogens with zero attached hydrogens (tertiary/aromatic N) is 1. The van der Waals surface area contributed by atoms with Crippen LogP contribution in [0.5, 0.6) is 11.5 Å². The maximum absolute atomic E-state index is 5.67. The molecule has 1 saturated carbocycles. The second kappa shape index (κ2) is 3.96. The third-order valence-corrected chi connectivity index (χ3v) is 2.03. The van der Waals surface area contributed by atoms with Crippen LogP contribution in [0.2, 0.25) is 0 Å². The number of nitrogen functional groups attached to an aromatic ring is 1. The molecule has 0 bridgehead atoms. The Morgan fingerprint density at radius 3 is 2.73 bits per heavy atom. The molecule has 0 aliphatic heterocycles. The van der Waals surface area contributed by atoms with Crippen LogP contribution in [0.4, 0.5) is 5.82 Å². The second-order valence-corrected chi connectivity index (χ2v) is 4.04. The summed E-state index contributed by atoms with van der Waals surface area (Å²) in [5, 5.41) is 0. The van der Waals surface area contributed by atoms with Crippen molar-refractivity contribution in [3.63, 3.8) is 0 Å². The number of ether oxygens (including phenoxy) is 2. The van der Waals surface area contributed by atoms with Crippen LogP contribution in [-0.4, -0.2) is 17.2 Å². The lowest BCUT2D eigenvalue weighted by atomic mass is 10.3. The van der Waals surface area contributed by atoms with Gasteiger partial charge in [-0.2, -0.15) is 0 Å². The Bertz CT molecular complexity index is 348. The first kappa shape index (κ1) is 10.1. The van der Waals surface area contributed by atoms with Gasteiger partial charge in [-0.25, -0.2) is 4.98 Å². The summed E-state index contributed by atoms with van der Waals surface area (Å²) in [7, 11) is 0. The van der Waals surface area contributed by atoms with Gasteiger partial charge in [0.15, 0.2) is 11.5 Å².